The van der Waals surface area contributed by atoms with E-state index in [2.05, 4.69) is 15.0 Å². The van der Waals surface area contributed by atoms with Crippen molar-refractivity contribution in [2.45, 2.75) is 6.18 Å². The fourth-order valence-electron chi connectivity index (χ4n) is 0.688. The highest BCUT2D eigenvalue weighted by Gasteiger charge is 2.32. The molecule has 0 saturated carbocycles. The molecule has 0 saturated heterocycles. The van der Waals surface area contributed by atoms with Gasteiger partial charge in [-0.1, -0.05) is 5.11 Å². The van der Waals surface area contributed by atoms with Gasteiger partial charge in [-0.2, -0.15) is 13.2 Å². The molecule has 0 spiro atoms. The summed E-state index contributed by atoms with van der Waals surface area (Å²) >= 11 is 0. The third kappa shape index (κ3) is 2.34. The van der Waals surface area contributed by atoms with E-state index in [4.69, 9.17) is 5.53 Å². The monoisotopic (exact) mass is 188 g/mol. The van der Waals surface area contributed by atoms with Gasteiger partial charge in [0.1, 0.15) is 5.69 Å². The van der Waals surface area contributed by atoms with Crippen LogP contribution in [-0.4, -0.2) is 4.98 Å². The van der Waals surface area contributed by atoms with Crippen molar-refractivity contribution >= 4 is 5.69 Å². The smallest absolute Gasteiger partial charge is 0.252 e. The number of hydrogen-bond donors (Lipinski definition) is 0. The quantitative estimate of drug-likeness (QED) is 0.379. The summed E-state index contributed by atoms with van der Waals surface area (Å²) in [6, 6.07) is 1.87. The molecular weight excluding hydrogens is 185 g/mol. The number of azide groups is 1. The van der Waals surface area contributed by atoms with Gasteiger partial charge >= 0.3 is 6.18 Å². The van der Waals surface area contributed by atoms with Crippen molar-refractivity contribution in [2.75, 3.05) is 0 Å². The van der Waals surface area contributed by atoms with Gasteiger partial charge in [-0.3, -0.25) is 4.98 Å². The van der Waals surface area contributed by atoms with Crippen LogP contribution in [0.15, 0.2) is 23.4 Å². The lowest BCUT2D eigenvalue weighted by atomic mass is 10.3. The van der Waals surface area contributed by atoms with Gasteiger partial charge in [-0.25, -0.2) is 0 Å². The van der Waals surface area contributed by atoms with Gasteiger partial charge in [0.15, 0.2) is 0 Å². The minimum Gasteiger partial charge on any atom is -0.252 e. The van der Waals surface area contributed by atoms with Crippen molar-refractivity contribution in [1.29, 1.82) is 0 Å². The molecule has 1 aromatic rings. The number of alkyl halides is 3. The largest absolute Gasteiger partial charge is 0.433 e. The van der Waals surface area contributed by atoms with Crippen LogP contribution >= 0.6 is 0 Å². The molecule has 0 N–H and O–H groups in total. The molecule has 0 aliphatic carbocycles. The SMILES string of the molecule is [N-]=[N+]=Nc1ccnc(C(F)(F)F)c1. The van der Waals surface area contributed by atoms with E-state index in [0.717, 1.165) is 6.20 Å². The zero-order chi connectivity index (χ0) is 9.90. The molecule has 68 valence electrons. The lowest BCUT2D eigenvalue weighted by molar-refractivity contribution is -0.141. The molecule has 0 radical (unpaired) electrons. The molecule has 1 heterocycles. The van der Waals surface area contributed by atoms with Crippen LogP contribution in [0.2, 0.25) is 0 Å². The van der Waals surface area contributed by atoms with E-state index in [1.54, 1.807) is 0 Å². The van der Waals surface area contributed by atoms with Crippen LogP contribution in [0.1, 0.15) is 5.69 Å². The summed E-state index contributed by atoms with van der Waals surface area (Å²) in [7, 11) is 0. The van der Waals surface area contributed by atoms with E-state index in [9.17, 15) is 13.2 Å². The second-order valence-corrected chi connectivity index (χ2v) is 2.09. The highest BCUT2D eigenvalue weighted by atomic mass is 19.4. The summed E-state index contributed by atoms with van der Waals surface area (Å²) in [4.78, 5) is 5.44. The number of rotatable bonds is 1. The Morgan fingerprint density at radius 1 is 1.46 bits per heavy atom. The van der Waals surface area contributed by atoms with Gasteiger partial charge in [0.05, 0.1) is 0 Å². The second kappa shape index (κ2) is 3.32. The summed E-state index contributed by atoms with van der Waals surface area (Å²) in [6.45, 7) is 0. The van der Waals surface area contributed by atoms with E-state index in [1.807, 2.05) is 0 Å². The van der Waals surface area contributed by atoms with E-state index >= 15 is 0 Å². The predicted molar refractivity (Wildman–Crippen MR) is 38.0 cm³/mol. The van der Waals surface area contributed by atoms with Gasteiger partial charge in [0.25, 0.3) is 0 Å². The fraction of sp³-hybridized carbons (Fsp3) is 0.167. The Labute approximate surface area is 70.6 Å². The molecule has 0 unspecified atom stereocenters. The van der Waals surface area contributed by atoms with Crippen LogP contribution in [0.3, 0.4) is 0 Å². The van der Waals surface area contributed by atoms with Gasteiger partial charge in [0, 0.05) is 16.8 Å². The molecule has 0 fully saturated rings. The molecule has 0 aromatic carbocycles. The molecule has 1 aromatic heterocycles. The number of aromatic nitrogens is 1. The molecule has 7 heteroatoms. The summed E-state index contributed by atoms with van der Waals surface area (Å²) in [5, 5.41) is 3.02. The van der Waals surface area contributed by atoms with Crippen LogP contribution in [0.4, 0.5) is 18.9 Å². The maximum Gasteiger partial charge on any atom is 0.433 e. The summed E-state index contributed by atoms with van der Waals surface area (Å²) in [5.41, 5.74) is 6.79. The van der Waals surface area contributed by atoms with Gasteiger partial charge in [-0.05, 0) is 17.7 Å². The Bertz CT molecular complexity index is 353. The maximum absolute atomic E-state index is 12.0. The van der Waals surface area contributed by atoms with E-state index in [-0.39, 0.29) is 5.69 Å². The summed E-state index contributed by atoms with van der Waals surface area (Å²) in [5.74, 6) is 0. The van der Waals surface area contributed by atoms with Crippen LogP contribution in [0, 0.1) is 0 Å². The molecule has 1 rings (SSSR count). The van der Waals surface area contributed by atoms with Crippen LogP contribution < -0.4 is 0 Å². The van der Waals surface area contributed by atoms with Gasteiger partial charge < -0.3 is 0 Å². The van der Waals surface area contributed by atoms with Crippen LogP contribution in [-0.2, 0) is 6.18 Å². The number of halogens is 3. The van der Waals surface area contributed by atoms with Crippen molar-refractivity contribution in [3.63, 3.8) is 0 Å². The molecule has 0 aliphatic rings. The molecular formula is C6H3F3N4. The van der Waals surface area contributed by atoms with Crippen molar-refractivity contribution < 1.29 is 13.2 Å². The second-order valence-electron chi connectivity index (χ2n) is 2.09. The van der Waals surface area contributed by atoms with Crippen LogP contribution in [0.25, 0.3) is 10.4 Å². The standard InChI is InChI=1S/C6H3F3N4/c7-6(8,9)5-3-4(12-13-10)1-2-11-5/h1-3H. The Morgan fingerprint density at radius 3 is 2.69 bits per heavy atom. The predicted octanol–water partition coefficient (Wildman–Crippen LogP) is 3.04. The van der Waals surface area contributed by atoms with Crippen molar-refractivity contribution in [2.24, 2.45) is 5.11 Å². The lowest BCUT2D eigenvalue weighted by Crippen LogP contribution is -2.06. The van der Waals surface area contributed by atoms with Crippen molar-refractivity contribution in [3.8, 4) is 0 Å². The molecule has 0 bridgehead atoms. The average molecular weight is 188 g/mol. The zero-order valence-electron chi connectivity index (χ0n) is 6.15. The number of nitrogens with zero attached hydrogens (tertiary/aromatic N) is 4. The molecule has 0 amide bonds. The number of hydrogen-bond acceptors (Lipinski definition) is 2. The molecule has 0 aliphatic heterocycles. The topological polar surface area (TPSA) is 61.7 Å². The summed E-state index contributed by atoms with van der Waals surface area (Å²) in [6.07, 6.45) is -3.58. The lowest BCUT2D eigenvalue weighted by Gasteiger charge is -2.04. The van der Waals surface area contributed by atoms with Crippen LogP contribution in [0.5, 0.6) is 0 Å². The van der Waals surface area contributed by atoms with Crippen molar-refractivity contribution in [3.05, 3.63) is 34.5 Å². The van der Waals surface area contributed by atoms with E-state index in [0.29, 0.717) is 6.07 Å². The zero-order valence-corrected chi connectivity index (χ0v) is 6.15. The molecule has 13 heavy (non-hydrogen) atoms. The Morgan fingerprint density at radius 2 is 2.15 bits per heavy atom. The first kappa shape index (κ1) is 9.34. The minimum absolute atomic E-state index is 0.107. The van der Waals surface area contributed by atoms with E-state index in [1.165, 1.54) is 6.07 Å². The highest BCUT2D eigenvalue weighted by molar-refractivity contribution is 5.37. The van der Waals surface area contributed by atoms with Gasteiger partial charge in [-0.15, -0.1) is 0 Å². The van der Waals surface area contributed by atoms with E-state index < -0.39 is 11.9 Å². The van der Waals surface area contributed by atoms with Crippen molar-refractivity contribution in [1.82, 2.24) is 4.98 Å². The average Bonchev–Trinajstić information content (AvgIpc) is 2.04. The first-order valence-corrected chi connectivity index (χ1v) is 3.12. The normalized spacial score (nSPS) is 10.7. The Balaban J connectivity index is 3.12. The third-order valence-electron chi connectivity index (χ3n) is 1.19. The third-order valence-corrected chi connectivity index (χ3v) is 1.19. The molecule has 4 nitrogen and oxygen atoms in total. The summed E-state index contributed by atoms with van der Waals surface area (Å²) < 4.78 is 36.0. The first-order valence-electron chi connectivity index (χ1n) is 3.12. The fourth-order valence-corrected chi connectivity index (χ4v) is 0.688. The Kier molecular flexibility index (Phi) is 2.39. The highest BCUT2D eigenvalue weighted by Crippen LogP contribution is 2.29. The Hall–Kier alpha value is -1.75. The molecule has 0 atom stereocenters. The first-order chi connectivity index (χ1) is 6.04. The minimum atomic E-state index is -4.51. The van der Waals surface area contributed by atoms with Gasteiger partial charge in [0.2, 0.25) is 0 Å². The number of pyridine rings is 1. The maximum atomic E-state index is 12.0.